The molecule has 1 aromatic carbocycles. The normalized spacial score (nSPS) is 17.4. The highest BCUT2D eigenvalue weighted by atomic mass is 19.4. The predicted molar refractivity (Wildman–Crippen MR) is 71.6 cm³/mol. The maximum Gasteiger partial charge on any atom is 0.416 e. The molecule has 1 aromatic rings. The lowest BCUT2D eigenvalue weighted by Gasteiger charge is -2.20. The number of amides is 1. The van der Waals surface area contributed by atoms with Crippen LogP contribution in [0.4, 0.5) is 32.0 Å². The van der Waals surface area contributed by atoms with Crippen LogP contribution in [0.2, 0.25) is 0 Å². The Hall–Kier alpha value is -2.24. The highest BCUT2D eigenvalue weighted by molar-refractivity contribution is 5.97. The summed E-state index contributed by atoms with van der Waals surface area (Å²) in [5, 5.41) is 11.2. The Kier molecular flexibility index (Phi) is 4.52. The lowest BCUT2D eigenvalue weighted by Crippen LogP contribution is -2.32. The molecule has 0 aliphatic heterocycles. The van der Waals surface area contributed by atoms with Crippen LogP contribution in [0, 0.1) is 16.7 Å². The van der Waals surface area contributed by atoms with E-state index < -0.39 is 40.5 Å². The van der Waals surface area contributed by atoms with Crippen LogP contribution in [0.15, 0.2) is 18.2 Å². The molecule has 0 bridgehead atoms. The number of carbonyl (C=O) groups excluding carboxylic acids is 1. The summed E-state index contributed by atoms with van der Waals surface area (Å²) in [6.45, 7) is 0. The first-order valence-corrected chi connectivity index (χ1v) is 7.00. The summed E-state index contributed by atoms with van der Waals surface area (Å²) < 4.78 is 76.7. The molecule has 0 spiro atoms. The average molecular weight is 350 g/mol. The van der Waals surface area contributed by atoms with Crippen LogP contribution in [-0.4, -0.2) is 5.91 Å². The van der Waals surface area contributed by atoms with Gasteiger partial charge in [-0.1, -0.05) is 12.8 Å². The van der Waals surface area contributed by atoms with Crippen molar-refractivity contribution in [2.75, 3.05) is 5.32 Å². The fourth-order valence-corrected chi connectivity index (χ4v) is 2.65. The van der Waals surface area contributed by atoms with Gasteiger partial charge in [-0.05, 0) is 31.0 Å². The predicted octanol–water partition coefficient (Wildman–Crippen LogP) is 4.75. The minimum atomic E-state index is -5.00. The zero-order valence-corrected chi connectivity index (χ0v) is 12.2. The van der Waals surface area contributed by atoms with Gasteiger partial charge in [0.1, 0.15) is 5.41 Å². The number of hydrogen-bond donors (Lipinski definition) is 1. The third-order valence-corrected chi connectivity index (χ3v) is 3.95. The summed E-state index contributed by atoms with van der Waals surface area (Å²) in [5.74, 6) is -0.880. The van der Waals surface area contributed by atoms with Crippen molar-refractivity contribution >= 4 is 11.6 Å². The Bertz CT molecular complexity index is 648. The molecule has 3 nitrogen and oxygen atoms in total. The van der Waals surface area contributed by atoms with Crippen LogP contribution in [-0.2, 0) is 17.1 Å². The monoisotopic (exact) mass is 350 g/mol. The molecule has 2 rings (SSSR count). The molecule has 0 heterocycles. The highest BCUT2D eigenvalue weighted by Gasteiger charge is 2.42. The number of carbonyl (C=O) groups is 1. The molecule has 0 radical (unpaired) electrons. The van der Waals surface area contributed by atoms with E-state index in [0.717, 1.165) is 0 Å². The maximum atomic E-state index is 12.8. The van der Waals surface area contributed by atoms with E-state index in [1.807, 2.05) is 11.4 Å². The van der Waals surface area contributed by atoms with Gasteiger partial charge in [-0.25, -0.2) is 0 Å². The summed E-state index contributed by atoms with van der Waals surface area (Å²) in [7, 11) is 0. The largest absolute Gasteiger partial charge is 0.416 e. The second kappa shape index (κ2) is 6.00. The van der Waals surface area contributed by atoms with Gasteiger partial charge in [0, 0.05) is 5.69 Å². The van der Waals surface area contributed by atoms with E-state index in [-0.39, 0.29) is 18.9 Å². The molecule has 0 aromatic heterocycles. The standard InChI is InChI=1S/C15H12F6N2O/c16-14(17,18)9-5-10(15(19,20)21)7-11(6-9)23-12(24)13(8-22)3-1-2-4-13/h5-7H,1-4H2,(H,23,24). The Morgan fingerprint density at radius 3 is 1.83 bits per heavy atom. The van der Waals surface area contributed by atoms with Crippen molar-refractivity contribution < 1.29 is 31.1 Å². The smallest absolute Gasteiger partial charge is 0.325 e. The van der Waals surface area contributed by atoms with Crippen LogP contribution >= 0.6 is 0 Å². The molecule has 9 heteroatoms. The Morgan fingerprint density at radius 2 is 1.46 bits per heavy atom. The van der Waals surface area contributed by atoms with E-state index in [4.69, 9.17) is 5.26 Å². The molecule has 0 atom stereocenters. The van der Waals surface area contributed by atoms with Crippen molar-refractivity contribution in [1.29, 1.82) is 5.26 Å². The van der Waals surface area contributed by atoms with Gasteiger partial charge in [-0.2, -0.15) is 31.6 Å². The summed E-state index contributed by atoms with van der Waals surface area (Å²) in [6.07, 6.45) is -8.36. The minimum absolute atomic E-state index is 0.0225. The van der Waals surface area contributed by atoms with Gasteiger partial charge in [0.05, 0.1) is 17.2 Å². The van der Waals surface area contributed by atoms with Gasteiger partial charge in [-0.15, -0.1) is 0 Å². The zero-order chi connectivity index (χ0) is 18.2. The second-order valence-electron chi connectivity index (χ2n) is 5.65. The van der Waals surface area contributed by atoms with Gasteiger partial charge in [-0.3, -0.25) is 4.79 Å². The molecule has 0 unspecified atom stereocenters. The maximum absolute atomic E-state index is 12.8. The van der Waals surface area contributed by atoms with Crippen molar-refractivity contribution in [3.05, 3.63) is 29.3 Å². The van der Waals surface area contributed by atoms with E-state index >= 15 is 0 Å². The molecule has 130 valence electrons. The minimum Gasteiger partial charge on any atom is -0.325 e. The van der Waals surface area contributed by atoms with Crippen molar-refractivity contribution in [2.24, 2.45) is 5.41 Å². The van der Waals surface area contributed by atoms with E-state index in [2.05, 4.69) is 0 Å². The van der Waals surface area contributed by atoms with Crippen LogP contribution in [0.3, 0.4) is 0 Å². The average Bonchev–Trinajstić information content (AvgIpc) is 2.95. The summed E-state index contributed by atoms with van der Waals surface area (Å²) in [4.78, 5) is 12.2. The van der Waals surface area contributed by atoms with Crippen molar-refractivity contribution in [2.45, 2.75) is 38.0 Å². The van der Waals surface area contributed by atoms with E-state index in [1.54, 1.807) is 0 Å². The van der Waals surface area contributed by atoms with E-state index in [9.17, 15) is 31.1 Å². The van der Waals surface area contributed by atoms with Gasteiger partial charge < -0.3 is 5.32 Å². The molecular weight excluding hydrogens is 338 g/mol. The topological polar surface area (TPSA) is 52.9 Å². The fourth-order valence-electron chi connectivity index (χ4n) is 2.65. The first-order chi connectivity index (χ1) is 11.0. The van der Waals surface area contributed by atoms with Crippen LogP contribution < -0.4 is 5.32 Å². The summed E-state index contributed by atoms with van der Waals surface area (Å²) >= 11 is 0. The van der Waals surface area contributed by atoms with Gasteiger partial charge in [0.15, 0.2) is 0 Å². The van der Waals surface area contributed by atoms with Crippen LogP contribution in [0.1, 0.15) is 36.8 Å². The van der Waals surface area contributed by atoms with Gasteiger partial charge in [0.25, 0.3) is 0 Å². The molecular formula is C15H12F6N2O. The molecule has 1 amide bonds. The molecule has 0 saturated heterocycles. The second-order valence-corrected chi connectivity index (χ2v) is 5.65. The number of hydrogen-bond acceptors (Lipinski definition) is 2. The zero-order valence-electron chi connectivity index (χ0n) is 12.2. The van der Waals surface area contributed by atoms with Crippen LogP contribution in [0.5, 0.6) is 0 Å². The van der Waals surface area contributed by atoms with Gasteiger partial charge >= 0.3 is 12.4 Å². The van der Waals surface area contributed by atoms with Crippen LogP contribution in [0.25, 0.3) is 0 Å². The van der Waals surface area contributed by atoms with Crippen molar-refractivity contribution in [1.82, 2.24) is 0 Å². The Labute approximate surface area is 133 Å². The third-order valence-electron chi connectivity index (χ3n) is 3.95. The number of rotatable bonds is 2. The quantitative estimate of drug-likeness (QED) is 0.783. The highest BCUT2D eigenvalue weighted by Crippen LogP contribution is 2.40. The Morgan fingerprint density at radius 1 is 1.00 bits per heavy atom. The SMILES string of the molecule is N#CC1(C(=O)Nc2cc(C(F)(F)F)cc(C(F)(F)F)c2)CCCC1. The molecule has 1 fully saturated rings. The molecule has 1 aliphatic carbocycles. The lowest BCUT2D eigenvalue weighted by atomic mass is 9.87. The summed E-state index contributed by atoms with van der Waals surface area (Å²) in [5.41, 5.74) is -5.09. The number of nitrogens with one attached hydrogen (secondary N) is 1. The number of benzene rings is 1. The lowest BCUT2D eigenvalue weighted by molar-refractivity contribution is -0.143. The number of alkyl halides is 6. The number of halogens is 6. The first-order valence-electron chi connectivity index (χ1n) is 7.00. The molecule has 1 N–H and O–H groups in total. The first kappa shape index (κ1) is 18.1. The summed E-state index contributed by atoms with van der Waals surface area (Å²) in [6, 6.07) is 2.66. The number of nitrogens with zero attached hydrogens (tertiary/aromatic N) is 1. The number of nitriles is 1. The fraction of sp³-hybridized carbons (Fsp3) is 0.467. The Balaban J connectivity index is 2.39. The molecule has 24 heavy (non-hydrogen) atoms. The van der Waals surface area contributed by atoms with Crippen molar-refractivity contribution in [3.63, 3.8) is 0 Å². The van der Waals surface area contributed by atoms with Gasteiger partial charge in [0.2, 0.25) is 5.91 Å². The van der Waals surface area contributed by atoms with Crippen molar-refractivity contribution in [3.8, 4) is 6.07 Å². The van der Waals surface area contributed by atoms with E-state index in [1.165, 1.54) is 0 Å². The van der Waals surface area contributed by atoms with E-state index in [0.29, 0.717) is 25.0 Å². The molecule has 1 saturated carbocycles. The molecule has 1 aliphatic rings. The third kappa shape index (κ3) is 3.63. The number of anilines is 1.